The number of carbonyl (C=O) groups excluding carboxylic acids is 1. The third kappa shape index (κ3) is 6.55. The van der Waals surface area contributed by atoms with Gasteiger partial charge in [-0.1, -0.05) is 35.4 Å². The minimum absolute atomic E-state index is 0.181. The van der Waals surface area contributed by atoms with Crippen LogP contribution in [0.2, 0.25) is 0 Å². The van der Waals surface area contributed by atoms with Gasteiger partial charge in [-0.05, 0) is 69.4 Å². The minimum Gasteiger partial charge on any atom is -0.508 e. The summed E-state index contributed by atoms with van der Waals surface area (Å²) in [5.74, 6) is -1.75. The van der Waals surface area contributed by atoms with Crippen molar-refractivity contribution in [3.63, 3.8) is 0 Å². The zero-order chi connectivity index (χ0) is 22.3. The first kappa shape index (κ1) is 22.8. The molecule has 0 aliphatic heterocycles. The first-order chi connectivity index (χ1) is 14.2. The predicted molar refractivity (Wildman–Crippen MR) is 119 cm³/mol. The first-order valence-electron chi connectivity index (χ1n) is 9.75. The van der Waals surface area contributed by atoms with Gasteiger partial charge in [0.15, 0.2) is 5.78 Å². The topological polar surface area (TPSA) is 98.0 Å². The van der Waals surface area contributed by atoms with Crippen LogP contribution in [-0.2, 0) is 6.42 Å². The van der Waals surface area contributed by atoms with E-state index in [-0.39, 0.29) is 17.1 Å². The predicted octanol–water partition coefficient (Wildman–Crippen LogP) is 5.64. The normalized spacial score (nSPS) is 11.6. The lowest BCUT2D eigenvalue weighted by atomic mass is 10.0. The Morgan fingerprint density at radius 3 is 2.20 bits per heavy atom. The quantitative estimate of drug-likeness (QED) is 0.257. The van der Waals surface area contributed by atoms with Crippen LogP contribution in [0.1, 0.15) is 55.1 Å². The molecular weight excluding hydrogens is 380 g/mol. The van der Waals surface area contributed by atoms with E-state index in [2.05, 4.69) is 32.9 Å². The number of rotatable bonds is 8. The fourth-order valence-electron chi connectivity index (χ4n) is 2.95. The molecule has 5 nitrogen and oxygen atoms in total. The molecule has 0 bridgehead atoms. The monoisotopic (exact) mass is 408 g/mol. The van der Waals surface area contributed by atoms with Gasteiger partial charge in [0, 0.05) is 12.1 Å². The Morgan fingerprint density at radius 2 is 1.57 bits per heavy atom. The van der Waals surface area contributed by atoms with E-state index < -0.39 is 17.3 Å². The highest BCUT2D eigenvalue weighted by Crippen LogP contribution is 2.32. The smallest absolute Gasteiger partial charge is 0.193 e. The minimum atomic E-state index is -0.602. The number of phenols is 4. The van der Waals surface area contributed by atoms with Crippen LogP contribution in [0.3, 0.4) is 0 Å². The highest BCUT2D eigenvalue weighted by atomic mass is 16.3. The Kier molecular flexibility index (Phi) is 7.87. The van der Waals surface area contributed by atoms with Crippen LogP contribution in [0, 0.1) is 0 Å². The maximum Gasteiger partial charge on any atom is 0.193 e. The van der Waals surface area contributed by atoms with Crippen molar-refractivity contribution >= 4 is 11.9 Å². The molecule has 30 heavy (non-hydrogen) atoms. The number of ketones is 1. The lowest BCUT2D eigenvalue weighted by Crippen LogP contribution is -1.96. The van der Waals surface area contributed by atoms with Crippen LogP contribution in [0.15, 0.2) is 59.7 Å². The summed E-state index contributed by atoms with van der Waals surface area (Å²) in [6, 6.07) is 7.01. The summed E-state index contributed by atoms with van der Waals surface area (Å²) in [5.41, 5.74) is 3.69. The lowest BCUT2D eigenvalue weighted by molar-refractivity contribution is 0.104. The summed E-state index contributed by atoms with van der Waals surface area (Å²) in [6.07, 6.45) is 9.56. The molecule has 0 radical (unpaired) electrons. The second-order valence-electron chi connectivity index (χ2n) is 7.52. The largest absolute Gasteiger partial charge is 0.508 e. The number of benzene rings is 2. The van der Waals surface area contributed by atoms with E-state index >= 15 is 0 Å². The van der Waals surface area contributed by atoms with Gasteiger partial charge in [-0.15, -0.1) is 0 Å². The van der Waals surface area contributed by atoms with Crippen molar-refractivity contribution in [3.8, 4) is 23.0 Å². The molecule has 0 saturated carbocycles. The SMILES string of the molecule is CC(C)=CCC/C(C)=C/Cc1cc(/C=C/C(=O)c2c(O)cc(O)cc2O)ccc1O. The molecule has 0 aliphatic carbocycles. The van der Waals surface area contributed by atoms with E-state index in [1.807, 2.05) is 0 Å². The lowest BCUT2D eigenvalue weighted by Gasteiger charge is -2.06. The summed E-state index contributed by atoms with van der Waals surface area (Å²) in [6.45, 7) is 6.21. The maximum absolute atomic E-state index is 12.3. The van der Waals surface area contributed by atoms with Gasteiger partial charge in [-0.3, -0.25) is 4.79 Å². The molecule has 0 unspecified atom stereocenters. The fourth-order valence-corrected chi connectivity index (χ4v) is 2.95. The maximum atomic E-state index is 12.3. The molecule has 0 aromatic heterocycles. The Bertz CT molecular complexity index is 985. The number of phenolic OH excluding ortho intramolecular Hbond substituents is 4. The van der Waals surface area contributed by atoms with Gasteiger partial charge in [-0.2, -0.15) is 0 Å². The van der Waals surface area contributed by atoms with Gasteiger partial charge in [0.1, 0.15) is 28.6 Å². The van der Waals surface area contributed by atoms with E-state index in [0.717, 1.165) is 30.5 Å². The van der Waals surface area contributed by atoms with E-state index in [9.17, 15) is 25.2 Å². The van der Waals surface area contributed by atoms with E-state index in [1.54, 1.807) is 24.3 Å². The number of hydrogen-bond donors (Lipinski definition) is 4. The van der Waals surface area contributed by atoms with Crippen molar-refractivity contribution in [2.24, 2.45) is 0 Å². The third-order valence-electron chi connectivity index (χ3n) is 4.62. The van der Waals surface area contributed by atoms with Crippen LogP contribution in [0.4, 0.5) is 0 Å². The second-order valence-corrected chi connectivity index (χ2v) is 7.52. The zero-order valence-electron chi connectivity index (χ0n) is 17.5. The van der Waals surface area contributed by atoms with Crippen molar-refractivity contribution in [2.75, 3.05) is 0 Å². The molecule has 0 saturated heterocycles. The molecule has 4 N–H and O–H groups in total. The molecule has 0 heterocycles. The molecule has 5 heteroatoms. The number of aromatic hydroxyl groups is 4. The van der Waals surface area contributed by atoms with Crippen molar-refractivity contribution in [1.82, 2.24) is 0 Å². The molecule has 158 valence electrons. The molecule has 2 aromatic rings. The third-order valence-corrected chi connectivity index (χ3v) is 4.62. The number of hydrogen-bond acceptors (Lipinski definition) is 5. The van der Waals surface area contributed by atoms with Crippen molar-refractivity contribution in [2.45, 2.75) is 40.0 Å². The average molecular weight is 408 g/mol. The van der Waals surface area contributed by atoms with E-state index in [0.29, 0.717) is 12.0 Å². The first-order valence-corrected chi connectivity index (χ1v) is 9.75. The number of carbonyl (C=O) groups is 1. The van der Waals surface area contributed by atoms with Crippen LogP contribution in [0.25, 0.3) is 6.08 Å². The summed E-state index contributed by atoms with van der Waals surface area (Å²) >= 11 is 0. The van der Waals surface area contributed by atoms with Gasteiger partial charge >= 0.3 is 0 Å². The highest BCUT2D eigenvalue weighted by molar-refractivity contribution is 6.10. The second kappa shape index (κ2) is 10.3. The van der Waals surface area contributed by atoms with Crippen LogP contribution < -0.4 is 0 Å². The molecule has 0 amide bonds. The zero-order valence-corrected chi connectivity index (χ0v) is 17.5. The van der Waals surface area contributed by atoms with Gasteiger partial charge in [-0.25, -0.2) is 0 Å². The Labute approximate surface area is 177 Å². The Balaban J connectivity index is 2.13. The summed E-state index contributed by atoms with van der Waals surface area (Å²) in [4.78, 5) is 12.3. The van der Waals surface area contributed by atoms with Crippen molar-refractivity contribution < 1.29 is 25.2 Å². The van der Waals surface area contributed by atoms with E-state index in [1.165, 1.54) is 17.2 Å². The highest BCUT2D eigenvalue weighted by Gasteiger charge is 2.15. The van der Waals surface area contributed by atoms with Gasteiger partial charge in [0.2, 0.25) is 0 Å². The molecular formula is C25H28O5. The standard InChI is InChI=1S/C25H28O5/c1-16(2)5-4-6-17(3)7-10-19-13-18(8-11-21(19)27)9-12-22(28)25-23(29)14-20(26)15-24(25)30/h5,7-9,11-15,26-27,29-30H,4,6,10H2,1-3H3/b12-9+,17-7+. The molecule has 0 atom stereocenters. The van der Waals surface area contributed by atoms with Gasteiger partial charge < -0.3 is 20.4 Å². The molecule has 0 fully saturated rings. The van der Waals surface area contributed by atoms with Gasteiger partial charge in [0.05, 0.1) is 0 Å². The van der Waals surface area contributed by atoms with E-state index in [4.69, 9.17) is 0 Å². The Hall–Kier alpha value is -3.47. The van der Waals surface area contributed by atoms with Crippen LogP contribution >= 0.6 is 0 Å². The Morgan fingerprint density at radius 1 is 0.900 bits per heavy atom. The van der Waals surface area contributed by atoms with Crippen molar-refractivity contribution in [1.29, 1.82) is 0 Å². The molecule has 0 aliphatic rings. The molecule has 2 aromatic carbocycles. The average Bonchev–Trinajstić information content (AvgIpc) is 2.65. The molecule has 0 spiro atoms. The summed E-state index contributed by atoms with van der Waals surface area (Å²) < 4.78 is 0. The van der Waals surface area contributed by atoms with Crippen LogP contribution in [-0.4, -0.2) is 26.2 Å². The van der Waals surface area contributed by atoms with Crippen LogP contribution in [0.5, 0.6) is 23.0 Å². The summed E-state index contributed by atoms with van der Waals surface area (Å²) in [5, 5.41) is 39.1. The van der Waals surface area contributed by atoms with Crippen molar-refractivity contribution in [3.05, 3.63) is 76.4 Å². The summed E-state index contributed by atoms with van der Waals surface area (Å²) in [7, 11) is 0. The number of allylic oxidation sites excluding steroid dienone is 5. The van der Waals surface area contributed by atoms with Gasteiger partial charge in [0.25, 0.3) is 0 Å². The fraction of sp³-hybridized carbons (Fsp3) is 0.240. The molecule has 2 rings (SSSR count).